The summed E-state index contributed by atoms with van der Waals surface area (Å²) in [5, 5.41) is 7.74. The highest BCUT2D eigenvalue weighted by atomic mass is 32.1. The highest BCUT2D eigenvalue weighted by Gasteiger charge is 2.37. The molecule has 0 fully saturated rings. The molecule has 55 heavy (non-hydrogen) atoms. The lowest BCUT2D eigenvalue weighted by Gasteiger charge is -2.28. The van der Waals surface area contributed by atoms with E-state index in [0.29, 0.717) is 0 Å². The van der Waals surface area contributed by atoms with Gasteiger partial charge in [0.1, 0.15) is 0 Å². The van der Waals surface area contributed by atoms with Gasteiger partial charge in [0.05, 0.1) is 0 Å². The minimum Gasteiger partial charge on any atom is -0.310 e. The Hall–Kier alpha value is -6.48. The van der Waals surface area contributed by atoms with Crippen molar-refractivity contribution in [2.75, 3.05) is 4.90 Å². The molecule has 0 saturated carbocycles. The van der Waals surface area contributed by atoms with Gasteiger partial charge in [-0.05, 0) is 109 Å². The van der Waals surface area contributed by atoms with Crippen molar-refractivity contribution >= 4 is 70.1 Å². The van der Waals surface area contributed by atoms with Crippen molar-refractivity contribution in [2.24, 2.45) is 0 Å². The van der Waals surface area contributed by atoms with Crippen LogP contribution in [0.2, 0.25) is 0 Å². The maximum Gasteiger partial charge on any atom is 0.0476 e. The number of benzene rings is 9. The van der Waals surface area contributed by atoms with Crippen LogP contribution in [0.15, 0.2) is 188 Å². The molecule has 260 valence electrons. The van der Waals surface area contributed by atoms with Crippen LogP contribution >= 0.6 is 11.3 Å². The van der Waals surface area contributed by atoms with Crippen LogP contribution in [-0.4, -0.2) is 0 Å². The van der Waals surface area contributed by atoms with Gasteiger partial charge < -0.3 is 4.90 Å². The Kier molecular flexibility index (Phi) is 7.14. The average Bonchev–Trinajstić information content (AvgIpc) is 3.72. The highest BCUT2D eigenvalue weighted by Crippen LogP contribution is 2.53. The van der Waals surface area contributed by atoms with Gasteiger partial charge in [-0.1, -0.05) is 159 Å². The maximum absolute atomic E-state index is 2.47. The third-order valence-corrected chi connectivity index (χ3v) is 13.0. The molecular formula is C53H37NS. The number of hydrogen-bond donors (Lipinski definition) is 0. The van der Waals surface area contributed by atoms with Crippen LogP contribution in [-0.2, 0) is 5.41 Å². The summed E-state index contributed by atoms with van der Waals surface area (Å²) < 4.78 is 2.61. The van der Waals surface area contributed by atoms with Gasteiger partial charge in [-0.3, -0.25) is 0 Å². The first-order valence-corrected chi connectivity index (χ1v) is 19.9. The van der Waals surface area contributed by atoms with Crippen LogP contribution in [0.5, 0.6) is 0 Å². The molecular weight excluding hydrogens is 683 g/mol. The third kappa shape index (κ3) is 4.99. The topological polar surface area (TPSA) is 3.24 Å². The molecule has 2 heteroatoms. The summed E-state index contributed by atoms with van der Waals surface area (Å²) in [5.41, 5.74) is 13.6. The first-order valence-electron chi connectivity index (χ1n) is 19.1. The zero-order valence-corrected chi connectivity index (χ0v) is 31.6. The Balaban J connectivity index is 1.12. The van der Waals surface area contributed by atoms with Crippen molar-refractivity contribution in [2.45, 2.75) is 19.3 Å². The van der Waals surface area contributed by atoms with E-state index in [9.17, 15) is 0 Å². The molecule has 0 N–H and O–H groups in total. The van der Waals surface area contributed by atoms with E-state index in [1.165, 1.54) is 86.2 Å². The molecule has 0 aliphatic heterocycles. The van der Waals surface area contributed by atoms with E-state index in [1.54, 1.807) is 0 Å². The van der Waals surface area contributed by atoms with Crippen molar-refractivity contribution < 1.29 is 0 Å². The molecule has 1 nitrogen and oxygen atoms in total. The second kappa shape index (κ2) is 12.3. The molecule has 1 aliphatic carbocycles. The quantitative estimate of drug-likeness (QED) is 0.171. The fourth-order valence-corrected chi connectivity index (χ4v) is 10.3. The molecule has 1 aliphatic rings. The SMILES string of the molecule is CC1(C)c2cc(N(c3cccc(-c4cccc5cccc(-c6ccccc6)c45)c3)c3ccc4c(c3)sc3ccccc34)ccc2-c2c1ccc1ccccc21. The first kappa shape index (κ1) is 32.0. The summed E-state index contributed by atoms with van der Waals surface area (Å²) in [5.74, 6) is 0. The monoisotopic (exact) mass is 719 g/mol. The smallest absolute Gasteiger partial charge is 0.0476 e. The van der Waals surface area contributed by atoms with Crippen LogP contribution < -0.4 is 4.90 Å². The van der Waals surface area contributed by atoms with Gasteiger partial charge in [-0.2, -0.15) is 0 Å². The summed E-state index contributed by atoms with van der Waals surface area (Å²) >= 11 is 1.87. The molecule has 0 spiro atoms. The molecule has 0 radical (unpaired) electrons. The van der Waals surface area contributed by atoms with Gasteiger partial charge in [0.25, 0.3) is 0 Å². The molecule has 11 rings (SSSR count). The van der Waals surface area contributed by atoms with Crippen molar-refractivity contribution in [3.63, 3.8) is 0 Å². The summed E-state index contributed by atoms with van der Waals surface area (Å²) in [6.07, 6.45) is 0. The van der Waals surface area contributed by atoms with E-state index in [0.717, 1.165) is 17.1 Å². The molecule has 9 aromatic carbocycles. The number of nitrogens with zero attached hydrogens (tertiary/aromatic N) is 1. The van der Waals surface area contributed by atoms with E-state index >= 15 is 0 Å². The Morgan fingerprint density at radius 3 is 1.89 bits per heavy atom. The van der Waals surface area contributed by atoms with Crippen molar-refractivity contribution in [1.82, 2.24) is 0 Å². The second-order valence-corrected chi connectivity index (χ2v) is 16.4. The lowest BCUT2D eigenvalue weighted by molar-refractivity contribution is 0.661. The predicted octanol–water partition coefficient (Wildman–Crippen LogP) is 15.5. The number of hydrogen-bond acceptors (Lipinski definition) is 2. The minimum atomic E-state index is -0.148. The Morgan fingerprint density at radius 1 is 0.400 bits per heavy atom. The largest absolute Gasteiger partial charge is 0.310 e. The minimum absolute atomic E-state index is 0.148. The Labute approximate surface area is 325 Å². The van der Waals surface area contributed by atoms with Crippen LogP contribution in [0.3, 0.4) is 0 Å². The molecule has 0 unspecified atom stereocenters. The number of rotatable bonds is 5. The molecule has 0 bridgehead atoms. The standard InChI is InChI=1S/C53H37NS/c1-53(2)47-30-25-35-15-6-7-20-42(35)52(47)46-29-27-39(32-48(46)53)54(40-26-28-45-44-21-8-9-24-49(44)55-50(45)33-40)38-19-10-18-37(31-38)43-23-12-17-36-16-11-22-41(51(36)43)34-13-4-3-5-14-34/h3-33H,1-2H3. The van der Waals surface area contributed by atoms with Gasteiger partial charge in [-0.25, -0.2) is 0 Å². The summed E-state index contributed by atoms with van der Waals surface area (Å²) in [7, 11) is 0. The normalized spacial score (nSPS) is 13.1. The number of fused-ring (bicyclic) bond motifs is 9. The molecule has 0 amide bonds. The highest BCUT2D eigenvalue weighted by molar-refractivity contribution is 7.25. The van der Waals surface area contributed by atoms with Crippen LogP contribution in [0, 0.1) is 0 Å². The summed E-state index contributed by atoms with van der Waals surface area (Å²) in [6, 6.07) is 69.6. The van der Waals surface area contributed by atoms with E-state index < -0.39 is 0 Å². The van der Waals surface area contributed by atoms with E-state index in [1.807, 2.05) is 11.3 Å². The number of thiophene rings is 1. The van der Waals surface area contributed by atoms with Gasteiger partial charge in [0, 0.05) is 42.6 Å². The zero-order valence-electron chi connectivity index (χ0n) is 30.8. The summed E-state index contributed by atoms with van der Waals surface area (Å²) in [4.78, 5) is 2.47. The third-order valence-electron chi connectivity index (χ3n) is 11.8. The Morgan fingerprint density at radius 2 is 1.04 bits per heavy atom. The van der Waals surface area contributed by atoms with Gasteiger partial charge in [-0.15, -0.1) is 11.3 Å². The van der Waals surface area contributed by atoms with Crippen LogP contribution in [0.25, 0.3) is 75.1 Å². The fraction of sp³-hybridized carbons (Fsp3) is 0.0566. The maximum atomic E-state index is 2.47. The first-order chi connectivity index (χ1) is 27.0. The van der Waals surface area contributed by atoms with Crippen molar-refractivity contribution in [3.05, 3.63) is 199 Å². The predicted molar refractivity (Wildman–Crippen MR) is 237 cm³/mol. The average molecular weight is 720 g/mol. The van der Waals surface area contributed by atoms with Gasteiger partial charge in [0.15, 0.2) is 0 Å². The van der Waals surface area contributed by atoms with Gasteiger partial charge >= 0.3 is 0 Å². The molecule has 1 aromatic heterocycles. The van der Waals surface area contributed by atoms with E-state index in [-0.39, 0.29) is 5.41 Å². The molecule has 0 atom stereocenters. The fourth-order valence-electron chi connectivity index (χ4n) is 9.19. The second-order valence-electron chi connectivity index (χ2n) is 15.3. The summed E-state index contributed by atoms with van der Waals surface area (Å²) in [6.45, 7) is 4.77. The van der Waals surface area contributed by atoms with Crippen molar-refractivity contribution in [1.29, 1.82) is 0 Å². The molecule has 1 heterocycles. The molecule has 10 aromatic rings. The van der Waals surface area contributed by atoms with E-state index in [4.69, 9.17) is 0 Å². The van der Waals surface area contributed by atoms with Crippen LogP contribution in [0.4, 0.5) is 17.1 Å². The van der Waals surface area contributed by atoms with Crippen molar-refractivity contribution in [3.8, 4) is 33.4 Å². The molecule has 0 saturated heterocycles. The lowest BCUT2D eigenvalue weighted by atomic mass is 9.82. The number of anilines is 3. The van der Waals surface area contributed by atoms with Crippen LogP contribution in [0.1, 0.15) is 25.0 Å². The Bertz CT molecular complexity index is 3130. The van der Waals surface area contributed by atoms with E-state index in [2.05, 4.69) is 207 Å². The lowest BCUT2D eigenvalue weighted by Crippen LogP contribution is -2.16. The van der Waals surface area contributed by atoms with Gasteiger partial charge in [0.2, 0.25) is 0 Å². The zero-order chi connectivity index (χ0) is 36.7.